The Morgan fingerprint density at radius 3 is 2.84 bits per heavy atom. The summed E-state index contributed by atoms with van der Waals surface area (Å²) < 4.78 is 15.2. The number of thiazole rings is 1. The second-order valence-electron chi connectivity index (χ2n) is 7.65. The maximum Gasteiger partial charge on any atom is 0.227 e. The van der Waals surface area contributed by atoms with Crippen molar-refractivity contribution in [2.75, 3.05) is 18.0 Å². The highest BCUT2D eigenvalue weighted by molar-refractivity contribution is 7.15. The number of carbonyl (C=O) groups is 2. The van der Waals surface area contributed by atoms with Crippen molar-refractivity contribution in [2.24, 2.45) is 5.92 Å². The zero-order valence-corrected chi connectivity index (χ0v) is 17.9. The zero-order chi connectivity index (χ0) is 22.1. The van der Waals surface area contributed by atoms with Gasteiger partial charge in [0.1, 0.15) is 5.82 Å². The van der Waals surface area contributed by atoms with Gasteiger partial charge in [-0.15, -0.1) is 16.4 Å². The number of hydrogen-bond acceptors (Lipinski definition) is 5. The summed E-state index contributed by atoms with van der Waals surface area (Å²) in [6.07, 6.45) is 0.782. The Bertz CT molecular complexity index is 1290. The van der Waals surface area contributed by atoms with Crippen LogP contribution in [0, 0.1) is 11.7 Å². The van der Waals surface area contributed by atoms with E-state index >= 15 is 0 Å². The summed E-state index contributed by atoms with van der Waals surface area (Å²) in [7, 11) is 0. The van der Waals surface area contributed by atoms with Crippen LogP contribution in [0.2, 0.25) is 0 Å². The average molecular weight is 450 g/mol. The summed E-state index contributed by atoms with van der Waals surface area (Å²) in [5.41, 5.74) is 2.34. The third-order valence-corrected chi connectivity index (χ3v) is 6.34. The molecule has 1 aliphatic rings. The molecule has 0 saturated carbocycles. The molecule has 5 rings (SSSR count). The molecule has 1 saturated heterocycles. The minimum atomic E-state index is -0.365. The molecule has 1 atom stereocenters. The van der Waals surface area contributed by atoms with Crippen LogP contribution >= 0.6 is 11.3 Å². The lowest BCUT2D eigenvalue weighted by Gasteiger charge is -2.16. The van der Waals surface area contributed by atoms with Crippen LogP contribution in [0.4, 0.5) is 10.1 Å². The largest absolute Gasteiger partial charge is 0.355 e. The van der Waals surface area contributed by atoms with Gasteiger partial charge in [-0.05, 0) is 24.3 Å². The van der Waals surface area contributed by atoms with E-state index in [1.165, 1.54) is 23.5 Å². The molecule has 162 valence electrons. The van der Waals surface area contributed by atoms with Gasteiger partial charge in [-0.25, -0.2) is 8.91 Å². The first-order valence-corrected chi connectivity index (χ1v) is 11.2. The van der Waals surface area contributed by atoms with Crippen LogP contribution in [0.5, 0.6) is 0 Å². The summed E-state index contributed by atoms with van der Waals surface area (Å²) in [5.74, 6) is -0.395. The molecule has 1 unspecified atom stereocenters. The molecule has 1 aliphatic heterocycles. The molecule has 0 spiro atoms. The van der Waals surface area contributed by atoms with E-state index in [0.717, 1.165) is 11.4 Å². The first-order valence-electron chi connectivity index (χ1n) is 10.3. The highest BCUT2D eigenvalue weighted by Crippen LogP contribution is 2.25. The van der Waals surface area contributed by atoms with Gasteiger partial charge in [0.05, 0.1) is 11.6 Å². The van der Waals surface area contributed by atoms with Crippen molar-refractivity contribution in [3.63, 3.8) is 0 Å². The lowest BCUT2D eigenvalue weighted by molar-refractivity contribution is -0.126. The van der Waals surface area contributed by atoms with Gasteiger partial charge in [-0.3, -0.25) is 9.59 Å². The number of amides is 2. The topological polar surface area (TPSA) is 79.6 Å². The van der Waals surface area contributed by atoms with Crippen molar-refractivity contribution in [2.45, 2.75) is 12.8 Å². The minimum Gasteiger partial charge on any atom is -0.355 e. The maximum atomic E-state index is 13.5. The van der Waals surface area contributed by atoms with Crippen LogP contribution in [-0.4, -0.2) is 39.5 Å². The number of aromatic nitrogens is 3. The number of nitrogens with zero attached hydrogens (tertiary/aromatic N) is 4. The number of anilines is 1. The first kappa shape index (κ1) is 20.3. The van der Waals surface area contributed by atoms with E-state index in [9.17, 15) is 14.0 Å². The molecule has 3 heterocycles. The molecular formula is C23H20FN5O2S. The van der Waals surface area contributed by atoms with Gasteiger partial charge in [0.15, 0.2) is 5.82 Å². The third-order valence-electron chi connectivity index (χ3n) is 5.48. The highest BCUT2D eigenvalue weighted by atomic mass is 32.1. The van der Waals surface area contributed by atoms with Gasteiger partial charge in [0.2, 0.25) is 16.8 Å². The molecule has 1 N–H and O–H groups in total. The van der Waals surface area contributed by atoms with E-state index in [0.29, 0.717) is 35.9 Å². The van der Waals surface area contributed by atoms with Crippen LogP contribution < -0.4 is 10.2 Å². The van der Waals surface area contributed by atoms with Gasteiger partial charge >= 0.3 is 0 Å². The van der Waals surface area contributed by atoms with Crippen molar-refractivity contribution in [1.29, 1.82) is 0 Å². The monoisotopic (exact) mass is 449 g/mol. The number of hydrogen-bond donors (Lipinski definition) is 1. The molecule has 4 aromatic rings. The molecule has 0 radical (unpaired) electrons. The first-order chi connectivity index (χ1) is 15.6. The van der Waals surface area contributed by atoms with E-state index in [4.69, 9.17) is 0 Å². The normalized spacial score (nSPS) is 16.1. The van der Waals surface area contributed by atoms with Crippen LogP contribution in [0.3, 0.4) is 0 Å². The van der Waals surface area contributed by atoms with Crippen molar-refractivity contribution in [3.8, 4) is 11.4 Å². The number of carbonyl (C=O) groups excluding carboxylic acids is 2. The lowest BCUT2D eigenvalue weighted by Crippen LogP contribution is -2.34. The van der Waals surface area contributed by atoms with Crippen molar-refractivity contribution in [1.82, 2.24) is 19.9 Å². The van der Waals surface area contributed by atoms with Crippen LogP contribution in [0.1, 0.15) is 12.1 Å². The van der Waals surface area contributed by atoms with Crippen molar-refractivity contribution in [3.05, 3.63) is 71.5 Å². The second-order valence-corrected chi connectivity index (χ2v) is 8.49. The van der Waals surface area contributed by atoms with Crippen molar-refractivity contribution >= 4 is 33.8 Å². The molecule has 9 heteroatoms. The number of nitrogens with one attached hydrogen (secondary N) is 1. The quantitative estimate of drug-likeness (QED) is 0.490. The van der Waals surface area contributed by atoms with Gasteiger partial charge in [0, 0.05) is 42.6 Å². The third kappa shape index (κ3) is 3.99. The van der Waals surface area contributed by atoms with E-state index < -0.39 is 0 Å². The molecular weight excluding hydrogens is 429 g/mol. The van der Waals surface area contributed by atoms with Crippen LogP contribution in [0.15, 0.2) is 60.0 Å². The van der Waals surface area contributed by atoms with Gasteiger partial charge < -0.3 is 10.2 Å². The number of halogens is 1. The SMILES string of the molecule is O=C(NCCc1csc2nc(-c3cccc(F)c3)nn12)C1CC(=O)N(c2ccccc2)C1. The summed E-state index contributed by atoms with van der Waals surface area (Å²) >= 11 is 1.45. The average Bonchev–Trinajstić information content (AvgIpc) is 3.49. The number of para-hydroxylation sites is 1. The Morgan fingerprint density at radius 2 is 2.03 bits per heavy atom. The maximum absolute atomic E-state index is 13.5. The van der Waals surface area contributed by atoms with Gasteiger partial charge in [-0.2, -0.15) is 4.98 Å². The number of benzene rings is 2. The van der Waals surface area contributed by atoms with Crippen molar-refractivity contribution < 1.29 is 14.0 Å². The predicted octanol–water partition coefficient (Wildman–Crippen LogP) is 3.31. The Morgan fingerprint density at radius 1 is 1.19 bits per heavy atom. The fourth-order valence-electron chi connectivity index (χ4n) is 3.85. The molecule has 32 heavy (non-hydrogen) atoms. The molecule has 2 aromatic heterocycles. The van der Waals surface area contributed by atoms with Gasteiger partial charge in [-0.1, -0.05) is 30.3 Å². The Balaban J connectivity index is 1.20. The fraction of sp³-hybridized carbons (Fsp3) is 0.217. The fourth-order valence-corrected chi connectivity index (χ4v) is 4.70. The predicted molar refractivity (Wildman–Crippen MR) is 120 cm³/mol. The smallest absolute Gasteiger partial charge is 0.227 e. The molecule has 1 fully saturated rings. The highest BCUT2D eigenvalue weighted by Gasteiger charge is 2.34. The molecule has 7 nitrogen and oxygen atoms in total. The zero-order valence-electron chi connectivity index (χ0n) is 17.1. The molecule has 0 bridgehead atoms. The van der Waals surface area contributed by atoms with Gasteiger partial charge in [0.25, 0.3) is 0 Å². The standard InChI is InChI=1S/C23H20FN5O2S/c24-17-6-4-5-15(11-17)21-26-23-29(27-21)19(14-32-23)9-10-25-22(31)16-12-20(30)28(13-16)18-7-2-1-3-8-18/h1-8,11,14,16H,9-10,12-13H2,(H,25,31). The Hall–Kier alpha value is -3.59. The number of fused-ring (bicyclic) bond motifs is 1. The summed E-state index contributed by atoms with van der Waals surface area (Å²) in [6, 6.07) is 15.6. The van der Waals surface area contributed by atoms with E-state index in [1.807, 2.05) is 35.7 Å². The summed E-state index contributed by atoms with van der Waals surface area (Å²) in [5, 5.41) is 9.39. The summed E-state index contributed by atoms with van der Waals surface area (Å²) in [4.78, 5) is 31.8. The van der Waals surface area contributed by atoms with E-state index in [2.05, 4.69) is 15.4 Å². The minimum absolute atomic E-state index is 0.0385. The molecule has 0 aliphatic carbocycles. The molecule has 2 aromatic carbocycles. The van der Waals surface area contributed by atoms with Crippen LogP contribution in [0.25, 0.3) is 16.3 Å². The Kier molecular flexibility index (Phi) is 5.40. The van der Waals surface area contributed by atoms with E-state index in [-0.39, 0.29) is 30.0 Å². The Labute approximate surface area is 187 Å². The van der Waals surface area contributed by atoms with Crippen LogP contribution in [-0.2, 0) is 16.0 Å². The summed E-state index contributed by atoms with van der Waals surface area (Å²) in [6.45, 7) is 0.813. The second kappa shape index (κ2) is 8.51. The van der Waals surface area contributed by atoms with E-state index in [1.54, 1.807) is 21.5 Å². The lowest BCUT2D eigenvalue weighted by atomic mass is 10.1. The number of rotatable bonds is 6. The molecule has 2 amide bonds.